The Morgan fingerprint density at radius 2 is 2.57 bits per heavy atom. The van der Waals surface area contributed by atoms with E-state index in [1.807, 2.05) is 0 Å². The summed E-state index contributed by atoms with van der Waals surface area (Å²) in [6.45, 7) is 0. The Bertz CT molecular complexity index is 107. The summed E-state index contributed by atoms with van der Waals surface area (Å²) in [5.41, 5.74) is 0. The van der Waals surface area contributed by atoms with E-state index in [9.17, 15) is 0 Å². The van der Waals surface area contributed by atoms with E-state index in [-0.39, 0.29) is 0 Å². The molecule has 0 fully saturated rings. The van der Waals surface area contributed by atoms with Gasteiger partial charge in [-0.05, 0) is 14.5 Å². The van der Waals surface area contributed by atoms with Gasteiger partial charge in [0.2, 0.25) is 0 Å². The third-order valence-corrected chi connectivity index (χ3v) is 2.93. The largest absolute Gasteiger partial charge is 0.118 e. The molecule has 0 aromatic heterocycles. The van der Waals surface area contributed by atoms with Gasteiger partial charge in [0.25, 0.3) is 0 Å². The Kier molecular flexibility index (Phi) is 2.32. The number of rotatable bonds is 0. The van der Waals surface area contributed by atoms with Gasteiger partial charge in [-0.25, -0.2) is 0 Å². The topological polar surface area (TPSA) is 0 Å². The van der Waals surface area contributed by atoms with Crippen molar-refractivity contribution in [1.29, 1.82) is 0 Å². The van der Waals surface area contributed by atoms with Gasteiger partial charge in [0.1, 0.15) is 0 Å². The Labute approximate surface area is 58.3 Å². The second-order valence-electron chi connectivity index (χ2n) is 1.35. The van der Waals surface area contributed by atoms with E-state index in [4.69, 9.17) is 11.6 Å². The van der Waals surface area contributed by atoms with Gasteiger partial charge in [-0.1, -0.05) is 26.8 Å². The van der Waals surface area contributed by atoms with Gasteiger partial charge in [0, 0.05) is 0 Å². The van der Waals surface area contributed by atoms with Crippen LogP contribution in [0.1, 0.15) is 6.42 Å². The van der Waals surface area contributed by atoms with Crippen molar-refractivity contribution in [3.05, 3.63) is 10.2 Å². The molecular formula is C5H6ClI. The Morgan fingerprint density at radius 3 is 2.86 bits per heavy atom. The first-order valence-electron chi connectivity index (χ1n) is 2.14. The van der Waals surface area contributed by atoms with Crippen molar-refractivity contribution in [2.75, 3.05) is 0 Å². The molecule has 0 saturated carbocycles. The third kappa shape index (κ3) is 1.91. The molecule has 2 heteroatoms. The van der Waals surface area contributed by atoms with Gasteiger partial charge in [-0.2, -0.15) is 0 Å². The monoisotopic (exact) mass is 228 g/mol. The molecule has 0 bridgehead atoms. The fourth-order valence-corrected chi connectivity index (χ4v) is 2.97. The predicted molar refractivity (Wildman–Crippen MR) is 43.5 cm³/mol. The van der Waals surface area contributed by atoms with Crippen molar-refractivity contribution in [2.24, 2.45) is 0 Å². The fraction of sp³-hybridized carbons (Fsp3) is 0.400. The summed E-state index contributed by atoms with van der Waals surface area (Å²) in [4.78, 5) is 0. The van der Waals surface area contributed by atoms with Crippen LogP contribution in [0.3, 0.4) is 0 Å². The number of halogens is 2. The van der Waals surface area contributed by atoms with Crippen LogP contribution in [0.2, 0.25) is 0 Å². The van der Waals surface area contributed by atoms with Crippen LogP contribution < -0.4 is 0 Å². The standard InChI is InChI=1S/C5H6ClI/c6-5-1-3-7-4-2-5/h1,3-5H,2H2. The highest BCUT2D eigenvalue weighted by Crippen LogP contribution is 2.13. The molecule has 7 heavy (non-hydrogen) atoms. The zero-order valence-corrected chi connectivity index (χ0v) is 6.69. The average Bonchev–Trinajstić information content (AvgIpc) is 1.69. The molecule has 40 valence electrons. The number of alkyl halides is 1. The third-order valence-electron chi connectivity index (χ3n) is 0.758. The average molecular weight is 228 g/mol. The van der Waals surface area contributed by atoms with Gasteiger partial charge in [-0.15, -0.1) is 11.6 Å². The molecule has 0 saturated heterocycles. The molecule has 0 radical (unpaired) electrons. The fourth-order valence-electron chi connectivity index (χ4n) is 0.387. The maximum atomic E-state index is 5.72. The smallest absolute Gasteiger partial charge is 0.0562 e. The van der Waals surface area contributed by atoms with E-state index in [2.05, 4.69) is 14.2 Å². The van der Waals surface area contributed by atoms with Gasteiger partial charge >= 0.3 is 0 Å². The first-order valence-corrected chi connectivity index (χ1v) is 5.07. The highest BCUT2D eigenvalue weighted by atomic mass is 127. The molecule has 1 unspecified atom stereocenters. The normalized spacial score (nSPS) is 29.6. The molecule has 0 aromatic rings. The van der Waals surface area contributed by atoms with Gasteiger partial charge in [0.05, 0.1) is 5.38 Å². The molecule has 1 atom stereocenters. The van der Waals surface area contributed by atoms with E-state index in [1.54, 1.807) is 0 Å². The first-order chi connectivity index (χ1) is 3.39. The van der Waals surface area contributed by atoms with Crippen molar-refractivity contribution in [2.45, 2.75) is 11.8 Å². The minimum absolute atomic E-state index is 0.298. The summed E-state index contributed by atoms with van der Waals surface area (Å²) in [7, 11) is 0. The maximum Gasteiger partial charge on any atom is 0.0562 e. The molecule has 0 N–H and O–H groups in total. The lowest BCUT2D eigenvalue weighted by Crippen LogP contribution is -1.93. The predicted octanol–water partition coefficient (Wildman–Crippen LogP) is 2.28. The Hall–Kier alpha value is 0.630. The molecule has 0 spiro atoms. The summed E-state index contributed by atoms with van der Waals surface area (Å²) in [6, 6.07) is 0. The second kappa shape index (κ2) is 2.82. The van der Waals surface area contributed by atoms with Crippen molar-refractivity contribution >= 4 is 36.3 Å². The lowest BCUT2D eigenvalue weighted by molar-refractivity contribution is 1.14. The quantitative estimate of drug-likeness (QED) is 0.441. The van der Waals surface area contributed by atoms with E-state index >= 15 is 0 Å². The number of allylic oxidation sites excluding steroid dienone is 1. The van der Waals surface area contributed by atoms with Crippen LogP contribution in [0.25, 0.3) is 0 Å². The van der Waals surface area contributed by atoms with Crippen LogP contribution in [0, 0.1) is 0 Å². The van der Waals surface area contributed by atoms with Crippen LogP contribution in [-0.4, -0.2) is 9.39 Å². The van der Waals surface area contributed by atoms with Crippen LogP contribution in [-0.2, 0) is 0 Å². The zero-order valence-electron chi connectivity index (χ0n) is 3.77. The first kappa shape index (κ1) is 5.76. The molecule has 1 rings (SSSR count). The molecule has 1 aliphatic rings. The highest BCUT2D eigenvalue weighted by molar-refractivity contribution is 14.2. The molecule has 0 aromatic carbocycles. The lowest BCUT2D eigenvalue weighted by atomic mass is 10.3. The summed E-state index contributed by atoms with van der Waals surface area (Å²) < 4.78 is 4.51. The Balaban J connectivity index is 2.49. The van der Waals surface area contributed by atoms with E-state index in [0.717, 1.165) is 6.42 Å². The van der Waals surface area contributed by atoms with E-state index in [1.165, 1.54) is 0 Å². The van der Waals surface area contributed by atoms with Crippen LogP contribution in [0.5, 0.6) is 0 Å². The zero-order chi connectivity index (χ0) is 5.11. The maximum absolute atomic E-state index is 5.72. The van der Waals surface area contributed by atoms with E-state index in [0.29, 0.717) is 26.1 Å². The van der Waals surface area contributed by atoms with Gasteiger partial charge in [0.15, 0.2) is 0 Å². The number of hydrogen-bond donors (Lipinski definition) is 0. The number of hydrogen-bond acceptors (Lipinski definition) is 0. The minimum atomic E-state index is 0.298. The SMILES string of the molecule is ClC1C=CI=CC1. The highest BCUT2D eigenvalue weighted by Gasteiger charge is 1.96. The Morgan fingerprint density at radius 1 is 1.71 bits per heavy atom. The summed E-state index contributed by atoms with van der Waals surface area (Å²) in [5.74, 6) is 0. The van der Waals surface area contributed by atoms with Crippen molar-refractivity contribution in [3.8, 4) is 0 Å². The molecular weight excluding hydrogens is 222 g/mol. The minimum Gasteiger partial charge on any atom is -0.118 e. The summed E-state index contributed by atoms with van der Waals surface area (Å²) >= 11 is 6.01. The molecule has 0 aliphatic carbocycles. The summed E-state index contributed by atoms with van der Waals surface area (Å²) in [6.07, 6.45) is 3.18. The molecule has 0 amide bonds. The van der Waals surface area contributed by atoms with Crippen LogP contribution in [0.4, 0.5) is 0 Å². The van der Waals surface area contributed by atoms with Crippen LogP contribution >= 0.6 is 32.3 Å². The van der Waals surface area contributed by atoms with Crippen molar-refractivity contribution < 1.29 is 0 Å². The molecule has 1 heterocycles. The lowest BCUT2D eigenvalue weighted by Gasteiger charge is -1.99. The molecule has 0 nitrogen and oxygen atoms in total. The van der Waals surface area contributed by atoms with Gasteiger partial charge < -0.3 is 0 Å². The second-order valence-corrected chi connectivity index (χ2v) is 4.23. The molecule has 1 aliphatic heterocycles. The summed E-state index contributed by atoms with van der Waals surface area (Å²) in [5, 5.41) is 0.299. The van der Waals surface area contributed by atoms with Crippen LogP contribution in [0.15, 0.2) is 10.2 Å². The van der Waals surface area contributed by atoms with E-state index < -0.39 is 0 Å². The van der Waals surface area contributed by atoms with Crippen molar-refractivity contribution in [3.63, 3.8) is 0 Å². The van der Waals surface area contributed by atoms with Crippen molar-refractivity contribution in [1.82, 2.24) is 0 Å². The van der Waals surface area contributed by atoms with Gasteiger partial charge in [-0.3, -0.25) is 0 Å².